The van der Waals surface area contributed by atoms with Crippen LogP contribution in [0.3, 0.4) is 0 Å². The third-order valence-corrected chi connectivity index (χ3v) is 3.47. The zero-order valence-corrected chi connectivity index (χ0v) is 15.9. The Morgan fingerprint density at radius 2 is 1.82 bits per heavy atom. The summed E-state index contributed by atoms with van der Waals surface area (Å²) in [6, 6.07) is 11.4. The zero-order valence-electron chi connectivity index (χ0n) is 12.0. The molecule has 0 unspecified atom stereocenters. The summed E-state index contributed by atoms with van der Waals surface area (Å²) in [6.45, 7) is 1.23. The van der Waals surface area contributed by atoms with Gasteiger partial charge in [0.25, 0.3) is 0 Å². The van der Waals surface area contributed by atoms with Crippen molar-refractivity contribution in [3.05, 3.63) is 63.9 Å². The van der Waals surface area contributed by atoms with Crippen molar-refractivity contribution in [2.24, 2.45) is 4.99 Å². The van der Waals surface area contributed by atoms with Gasteiger partial charge in [0, 0.05) is 31.4 Å². The van der Waals surface area contributed by atoms with Gasteiger partial charge in [-0.1, -0.05) is 47.5 Å². The fourth-order valence-electron chi connectivity index (χ4n) is 1.74. The first kappa shape index (κ1) is 19.0. The molecule has 0 saturated carbocycles. The van der Waals surface area contributed by atoms with Crippen LogP contribution in [0.4, 0.5) is 0 Å². The lowest BCUT2D eigenvalue weighted by Crippen LogP contribution is -2.36. The maximum atomic E-state index is 6.12. The first-order valence-electron chi connectivity index (χ1n) is 6.47. The van der Waals surface area contributed by atoms with E-state index in [0.29, 0.717) is 24.2 Å². The molecule has 0 radical (unpaired) electrons. The van der Waals surface area contributed by atoms with E-state index in [-0.39, 0.29) is 24.0 Å². The quantitative estimate of drug-likeness (QED) is 0.321. The number of aromatic nitrogens is 1. The fourth-order valence-corrected chi connectivity index (χ4v) is 2.05. The molecule has 1 aromatic carbocycles. The number of aliphatic imine (C=N–C) groups is 1. The van der Waals surface area contributed by atoms with Crippen molar-refractivity contribution in [1.82, 2.24) is 15.6 Å². The Balaban J connectivity index is 0.00000242. The number of pyridine rings is 1. The number of halogens is 3. The van der Waals surface area contributed by atoms with Gasteiger partial charge in [-0.2, -0.15) is 0 Å². The fraction of sp³-hybridized carbons (Fsp3) is 0.200. The molecule has 0 fully saturated rings. The van der Waals surface area contributed by atoms with E-state index in [9.17, 15) is 0 Å². The molecule has 2 rings (SSSR count). The maximum Gasteiger partial charge on any atom is 0.191 e. The summed E-state index contributed by atoms with van der Waals surface area (Å²) < 4.78 is 0. The number of nitrogens with one attached hydrogen (secondary N) is 2. The first-order chi connectivity index (χ1) is 10.2. The topological polar surface area (TPSA) is 49.3 Å². The van der Waals surface area contributed by atoms with Gasteiger partial charge in [-0.3, -0.25) is 4.99 Å². The molecule has 22 heavy (non-hydrogen) atoms. The minimum atomic E-state index is 0. The summed E-state index contributed by atoms with van der Waals surface area (Å²) in [5.74, 6) is 0.699. The second kappa shape index (κ2) is 9.86. The summed E-state index contributed by atoms with van der Waals surface area (Å²) in [4.78, 5) is 8.21. The molecule has 0 aliphatic heterocycles. The van der Waals surface area contributed by atoms with Gasteiger partial charge in [0.2, 0.25) is 0 Å². The smallest absolute Gasteiger partial charge is 0.191 e. The molecule has 4 nitrogen and oxygen atoms in total. The molecule has 0 saturated heterocycles. The van der Waals surface area contributed by atoms with Crippen LogP contribution in [0, 0.1) is 0 Å². The van der Waals surface area contributed by atoms with E-state index in [4.69, 9.17) is 23.2 Å². The van der Waals surface area contributed by atoms with Crippen molar-refractivity contribution >= 4 is 53.1 Å². The summed E-state index contributed by atoms with van der Waals surface area (Å²) in [6.07, 6.45) is 1.73. The minimum Gasteiger partial charge on any atom is -0.352 e. The van der Waals surface area contributed by atoms with Gasteiger partial charge in [0.05, 0.1) is 0 Å². The number of benzene rings is 1. The van der Waals surface area contributed by atoms with Crippen LogP contribution in [0.1, 0.15) is 11.1 Å². The Bertz CT molecular complexity index is 617. The van der Waals surface area contributed by atoms with Gasteiger partial charge in [-0.05, 0) is 23.3 Å². The third kappa shape index (κ3) is 5.98. The summed E-state index contributed by atoms with van der Waals surface area (Å²) >= 11 is 11.9. The molecular formula is C15H17Cl2IN4. The van der Waals surface area contributed by atoms with Crippen molar-refractivity contribution in [3.63, 3.8) is 0 Å². The molecule has 118 valence electrons. The lowest BCUT2D eigenvalue weighted by molar-refractivity contribution is 0.807. The van der Waals surface area contributed by atoms with E-state index < -0.39 is 0 Å². The Morgan fingerprint density at radius 3 is 2.45 bits per heavy atom. The molecule has 0 spiro atoms. The Hall–Kier alpha value is -1.05. The molecule has 2 aromatic rings. The molecule has 0 atom stereocenters. The standard InChI is InChI=1S/C15H16Cl2N4.HI/c1-18-15(20-9-11-6-7-14(17)19-8-11)21-10-12-4-2-3-5-13(12)16;/h2-8H,9-10H2,1H3,(H2,18,20,21);1H. The molecule has 0 amide bonds. The predicted octanol–water partition coefficient (Wildman–Crippen LogP) is 3.87. The second-order valence-electron chi connectivity index (χ2n) is 4.36. The zero-order chi connectivity index (χ0) is 15.1. The number of nitrogens with zero attached hydrogens (tertiary/aromatic N) is 2. The van der Waals surface area contributed by atoms with E-state index in [0.717, 1.165) is 16.1 Å². The number of hydrogen-bond donors (Lipinski definition) is 2. The molecule has 1 aromatic heterocycles. The first-order valence-corrected chi connectivity index (χ1v) is 7.23. The van der Waals surface area contributed by atoms with E-state index in [2.05, 4.69) is 20.6 Å². The van der Waals surface area contributed by atoms with Crippen molar-refractivity contribution in [3.8, 4) is 0 Å². The highest BCUT2D eigenvalue weighted by Gasteiger charge is 2.02. The van der Waals surface area contributed by atoms with Gasteiger partial charge in [0.1, 0.15) is 5.15 Å². The van der Waals surface area contributed by atoms with Crippen LogP contribution in [0.2, 0.25) is 10.2 Å². The van der Waals surface area contributed by atoms with Crippen LogP contribution in [0.25, 0.3) is 0 Å². The Morgan fingerprint density at radius 1 is 1.09 bits per heavy atom. The lowest BCUT2D eigenvalue weighted by Gasteiger charge is -2.12. The Kier molecular flexibility index (Phi) is 8.52. The number of hydrogen-bond acceptors (Lipinski definition) is 2. The number of rotatable bonds is 4. The van der Waals surface area contributed by atoms with E-state index >= 15 is 0 Å². The SMILES string of the molecule is CN=C(NCc1ccc(Cl)nc1)NCc1ccccc1Cl.I. The predicted molar refractivity (Wildman–Crippen MR) is 103 cm³/mol. The monoisotopic (exact) mass is 450 g/mol. The third-order valence-electron chi connectivity index (χ3n) is 2.88. The number of guanidine groups is 1. The molecule has 0 aliphatic carbocycles. The largest absolute Gasteiger partial charge is 0.352 e. The lowest BCUT2D eigenvalue weighted by atomic mass is 10.2. The van der Waals surface area contributed by atoms with Gasteiger partial charge in [0.15, 0.2) is 5.96 Å². The summed E-state index contributed by atoms with van der Waals surface area (Å²) in [5, 5.41) is 7.65. The molecule has 7 heteroatoms. The minimum absolute atomic E-state index is 0. The van der Waals surface area contributed by atoms with Crippen molar-refractivity contribution in [2.45, 2.75) is 13.1 Å². The van der Waals surface area contributed by atoms with E-state index in [1.807, 2.05) is 30.3 Å². The highest BCUT2D eigenvalue weighted by molar-refractivity contribution is 14.0. The molecule has 0 aliphatic rings. The highest BCUT2D eigenvalue weighted by atomic mass is 127. The van der Waals surface area contributed by atoms with Crippen molar-refractivity contribution in [2.75, 3.05) is 7.05 Å². The maximum absolute atomic E-state index is 6.12. The van der Waals surface area contributed by atoms with Gasteiger partial charge in [-0.25, -0.2) is 4.98 Å². The second-order valence-corrected chi connectivity index (χ2v) is 5.15. The van der Waals surface area contributed by atoms with Crippen LogP contribution in [-0.2, 0) is 13.1 Å². The average Bonchev–Trinajstić information content (AvgIpc) is 2.51. The van der Waals surface area contributed by atoms with Crippen molar-refractivity contribution < 1.29 is 0 Å². The summed E-state index contributed by atoms with van der Waals surface area (Å²) in [7, 11) is 1.72. The van der Waals surface area contributed by atoms with Gasteiger partial charge < -0.3 is 10.6 Å². The van der Waals surface area contributed by atoms with Crippen LogP contribution in [0.5, 0.6) is 0 Å². The van der Waals surface area contributed by atoms with E-state index in [1.165, 1.54) is 0 Å². The summed E-state index contributed by atoms with van der Waals surface area (Å²) in [5.41, 5.74) is 2.05. The molecule has 1 heterocycles. The van der Waals surface area contributed by atoms with E-state index in [1.54, 1.807) is 19.3 Å². The highest BCUT2D eigenvalue weighted by Crippen LogP contribution is 2.14. The van der Waals surface area contributed by atoms with Gasteiger partial charge in [-0.15, -0.1) is 24.0 Å². The van der Waals surface area contributed by atoms with Crippen LogP contribution in [0.15, 0.2) is 47.6 Å². The van der Waals surface area contributed by atoms with Crippen molar-refractivity contribution in [1.29, 1.82) is 0 Å². The Labute approximate surface area is 157 Å². The molecular weight excluding hydrogens is 434 g/mol. The van der Waals surface area contributed by atoms with Gasteiger partial charge >= 0.3 is 0 Å². The van der Waals surface area contributed by atoms with Crippen LogP contribution >= 0.6 is 47.2 Å². The normalized spacial score (nSPS) is 10.8. The van der Waals surface area contributed by atoms with Crippen LogP contribution < -0.4 is 10.6 Å². The molecule has 2 N–H and O–H groups in total. The average molecular weight is 451 g/mol. The molecule has 0 bridgehead atoms. The van der Waals surface area contributed by atoms with Crippen LogP contribution in [-0.4, -0.2) is 18.0 Å².